The van der Waals surface area contributed by atoms with Crippen molar-refractivity contribution >= 4 is 11.6 Å². The van der Waals surface area contributed by atoms with E-state index in [0.29, 0.717) is 6.54 Å². The second kappa shape index (κ2) is 8.76. The van der Waals surface area contributed by atoms with Crippen LogP contribution >= 0.6 is 0 Å². The van der Waals surface area contributed by atoms with E-state index in [9.17, 15) is 4.79 Å². The first kappa shape index (κ1) is 17.6. The van der Waals surface area contributed by atoms with Gasteiger partial charge < -0.3 is 10.1 Å². The molecular formula is C19H26N4O2. The highest BCUT2D eigenvalue weighted by atomic mass is 16.5. The Labute approximate surface area is 148 Å². The zero-order chi connectivity index (χ0) is 17.5. The summed E-state index contributed by atoms with van der Waals surface area (Å²) in [6, 6.07) is 7.77. The van der Waals surface area contributed by atoms with Crippen LogP contribution in [-0.4, -0.2) is 32.9 Å². The van der Waals surface area contributed by atoms with Gasteiger partial charge in [-0.2, -0.15) is 5.10 Å². The molecular weight excluding hydrogens is 316 g/mol. The van der Waals surface area contributed by atoms with Crippen molar-refractivity contribution in [3.63, 3.8) is 0 Å². The molecule has 1 aliphatic rings. The molecule has 0 bridgehead atoms. The zero-order valence-electron chi connectivity index (χ0n) is 14.7. The van der Waals surface area contributed by atoms with E-state index in [2.05, 4.69) is 15.4 Å². The molecule has 0 saturated heterocycles. The van der Waals surface area contributed by atoms with Gasteiger partial charge >= 0.3 is 0 Å². The predicted molar refractivity (Wildman–Crippen MR) is 96.2 cm³/mol. The highest BCUT2D eigenvalue weighted by Crippen LogP contribution is 2.21. The molecule has 0 unspecified atom stereocenters. The predicted octanol–water partition coefficient (Wildman–Crippen LogP) is 3.39. The minimum atomic E-state index is -0.432. The van der Waals surface area contributed by atoms with Crippen molar-refractivity contribution in [1.29, 1.82) is 0 Å². The number of ether oxygens (including phenoxy) is 1. The largest absolute Gasteiger partial charge is 0.365 e. The summed E-state index contributed by atoms with van der Waals surface area (Å²) >= 11 is 0. The van der Waals surface area contributed by atoms with Gasteiger partial charge in [0.1, 0.15) is 18.8 Å². The number of nitrogens with zero attached hydrogens (tertiary/aromatic N) is 3. The van der Waals surface area contributed by atoms with Gasteiger partial charge in [0.25, 0.3) is 5.91 Å². The Kier molecular flexibility index (Phi) is 6.17. The number of amides is 1. The molecule has 1 aliphatic carbocycles. The van der Waals surface area contributed by atoms with Gasteiger partial charge in [0.15, 0.2) is 0 Å². The summed E-state index contributed by atoms with van der Waals surface area (Å²) in [7, 11) is 0. The second-order valence-corrected chi connectivity index (χ2v) is 6.67. The summed E-state index contributed by atoms with van der Waals surface area (Å²) in [5.41, 5.74) is 1.88. The van der Waals surface area contributed by atoms with Crippen molar-refractivity contribution < 1.29 is 9.53 Å². The molecule has 25 heavy (non-hydrogen) atoms. The van der Waals surface area contributed by atoms with E-state index in [1.54, 1.807) is 11.0 Å². The summed E-state index contributed by atoms with van der Waals surface area (Å²) < 4.78 is 7.73. The lowest BCUT2D eigenvalue weighted by Crippen LogP contribution is -2.31. The van der Waals surface area contributed by atoms with Gasteiger partial charge in [-0.05, 0) is 37.5 Å². The molecule has 0 spiro atoms. The summed E-state index contributed by atoms with van der Waals surface area (Å²) in [6.07, 6.45) is 10.1. The molecule has 1 atom stereocenters. The summed E-state index contributed by atoms with van der Waals surface area (Å²) in [5.74, 6) is -0.0896. The summed E-state index contributed by atoms with van der Waals surface area (Å²) in [4.78, 5) is 16.3. The fourth-order valence-corrected chi connectivity index (χ4v) is 3.17. The van der Waals surface area contributed by atoms with Crippen molar-refractivity contribution in [2.45, 2.75) is 64.2 Å². The first-order valence-electron chi connectivity index (χ1n) is 9.08. The van der Waals surface area contributed by atoms with Crippen LogP contribution in [0.25, 0.3) is 0 Å². The molecule has 6 nitrogen and oxygen atoms in total. The Morgan fingerprint density at radius 2 is 1.96 bits per heavy atom. The maximum atomic E-state index is 12.4. The van der Waals surface area contributed by atoms with Crippen molar-refractivity contribution in [3.05, 3.63) is 42.5 Å². The van der Waals surface area contributed by atoms with Crippen molar-refractivity contribution in [2.24, 2.45) is 0 Å². The van der Waals surface area contributed by atoms with Gasteiger partial charge in [0.05, 0.1) is 12.6 Å². The van der Waals surface area contributed by atoms with Crippen LogP contribution in [0.5, 0.6) is 0 Å². The molecule has 0 aliphatic heterocycles. The average molecular weight is 342 g/mol. The molecule has 2 aromatic rings. The molecule has 3 rings (SSSR count). The van der Waals surface area contributed by atoms with Gasteiger partial charge in [-0.15, -0.1) is 0 Å². The van der Waals surface area contributed by atoms with E-state index in [-0.39, 0.29) is 12.0 Å². The zero-order valence-corrected chi connectivity index (χ0v) is 14.7. The Morgan fingerprint density at radius 3 is 2.60 bits per heavy atom. The molecule has 1 N–H and O–H groups in total. The van der Waals surface area contributed by atoms with Gasteiger partial charge in [-0.25, -0.2) is 9.67 Å². The maximum Gasteiger partial charge on any atom is 0.253 e. The number of benzene rings is 1. The minimum Gasteiger partial charge on any atom is -0.365 e. The third-order valence-electron chi connectivity index (χ3n) is 4.60. The van der Waals surface area contributed by atoms with Crippen LogP contribution in [-0.2, 0) is 16.1 Å². The molecule has 0 radical (unpaired) electrons. The van der Waals surface area contributed by atoms with Crippen LogP contribution in [0.4, 0.5) is 5.69 Å². The fraction of sp³-hybridized carbons (Fsp3) is 0.526. The highest BCUT2D eigenvalue weighted by Gasteiger charge is 2.20. The maximum absolute atomic E-state index is 12.4. The first-order valence-corrected chi connectivity index (χ1v) is 9.08. The lowest BCUT2D eigenvalue weighted by Gasteiger charge is -2.20. The van der Waals surface area contributed by atoms with Crippen LogP contribution < -0.4 is 5.32 Å². The molecule has 1 aromatic carbocycles. The van der Waals surface area contributed by atoms with Crippen molar-refractivity contribution in [3.8, 4) is 0 Å². The van der Waals surface area contributed by atoms with Crippen molar-refractivity contribution in [2.75, 3.05) is 5.32 Å². The molecule has 1 fully saturated rings. The number of carbonyl (C=O) groups is 1. The monoisotopic (exact) mass is 342 g/mol. The molecule has 1 heterocycles. The van der Waals surface area contributed by atoms with Crippen molar-refractivity contribution in [1.82, 2.24) is 14.8 Å². The molecule has 1 saturated carbocycles. The van der Waals surface area contributed by atoms with Crippen LogP contribution in [0.2, 0.25) is 0 Å². The highest BCUT2D eigenvalue weighted by molar-refractivity contribution is 5.93. The Hall–Kier alpha value is -2.21. The van der Waals surface area contributed by atoms with Gasteiger partial charge in [-0.1, -0.05) is 37.8 Å². The molecule has 6 heteroatoms. The smallest absolute Gasteiger partial charge is 0.253 e. The van der Waals surface area contributed by atoms with Crippen LogP contribution in [0.3, 0.4) is 0 Å². The van der Waals surface area contributed by atoms with Crippen LogP contribution in [0.1, 0.15) is 51.0 Å². The van der Waals surface area contributed by atoms with E-state index in [0.717, 1.165) is 24.1 Å². The molecule has 1 aromatic heterocycles. The standard InChI is InChI=1S/C19H26N4O2/c1-15(25-18-6-4-2-3-5-7-18)19(24)22-17-10-8-16(9-11-17)12-23-14-20-13-21-23/h8-11,13-15,18H,2-7,12H2,1H3,(H,22,24)/t15-/m0/s1. The Bertz CT molecular complexity index is 647. The number of anilines is 1. The van der Waals surface area contributed by atoms with E-state index in [1.165, 1.54) is 32.0 Å². The number of carbonyl (C=O) groups excluding carboxylic acids is 1. The normalized spacial score (nSPS) is 17.0. The van der Waals surface area contributed by atoms with Gasteiger partial charge in [-0.3, -0.25) is 4.79 Å². The number of aromatic nitrogens is 3. The molecule has 1 amide bonds. The molecule has 134 valence electrons. The van der Waals surface area contributed by atoms with E-state index in [1.807, 2.05) is 31.2 Å². The van der Waals surface area contributed by atoms with E-state index >= 15 is 0 Å². The van der Waals surface area contributed by atoms with Gasteiger partial charge in [0, 0.05) is 5.69 Å². The minimum absolute atomic E-state index is 0.0896. The van der Waals surface area contributed by atoms with Gasteiger partial charge in [0.2, 0.25) is 0 Å². The Balaban J connectivity index is 1.49. The number of hydrogen-bond donors (Lipinski definition) is 1. The average Bonchev–Trinajstić information content (AvgIpc) is 2.99. The topological polar surface area (TPSA) is 69.0 Å². The summed E-state index contributed by atoms with van der Waals surface area (Å²) in [6.45, 7) is 2.49. The third kappa shape index (κ3) is 5.39. The lowest BCUT2D eigenvalue weighted by atomic mass is 10.1. The first-order chi connectivity index (χ1) is 12.2. The SMILES string of the molecule is C[C@H](OC1CCCCCC1)C(=O)Nc1ccc(Cn2cncn2)cc1. The Morgan fingerprint density at radius 1 is 1.24 bits per heavy atom. The van der Waals surface area contributed by atoms with Crippen LogP contribution in [0, 0.1) is 0 Å². The fourth-order valence-electron chi connectivity index (χ4n) is 3.17. The van der Waals surface area contributed by atoms with Crippen LogP contribution in [0.15, 0.2) is 36.9 Å². The number of hydrogen-bond acceptors (Lipinski definition) is 4. The number of nitrogens with one attached hydrogen (secondary N) is 1. The van der Waals surface area contributed by atoms with E-state index < -0.39 is 6.10 Å². The van der Waals surface area contributed by atoms with E-state index in [4.69, 9.17) is 4.74 Å². The quantitative estimate of drug-likeness (QED) is 0.817. The third-order valence-corrected chi connectivity index (χ3v) is 4.60. The second-order valence-electron chi connectivity index (χ2n) is 6.67. The summed E-state index contributed by atoms with van der Waals surface area (Å²) in [5, 5.41) is 7.02. The lowest BCUT2D eigenvalue weighted by molar-refractivity contribution is -0.130. The number of rotatable bonds is 6.